The van der Waals surface area contributed by atoms with Crippen LogP contribution >= 0.6 is 47.8 Å². The van der Waals surface area contributed by atoms with Crippen LogP contribution in [0.1, 0.15) is 24.8 Å². The first-order chi connectivity index (χ1) is 17.1. The molecule has 2 aromatic carbocycles. The number of aryl methyl sites for hydroxylation is 1. The van der Waals surface area contributed by atoms with Crippen molar-refractivity contribution in [3.8, 4) is 5.75 Å². The van der Waals surface area contributed by atoms with Crippen LogP contribution in [0.15, 0.2) is 46.9 Å². The molecule has 2 heterocycles. The van der Waals surface area contributed by atoms with E-state index in [1.54, 1.807) is 30.0 Å². The van der Waals surface area contributed by atoms with Crippen molar-refractivity contribution >= 4 is 82.9 Å². The summed E-state index contributed by atoms with van der Waals surface area (Å²) in [4.78, 5) is 54.8. The van der Waals surface area contributed by atoms with E-state index in [1.807, 2.05) is 24.3 Å². The molecule has 0 N–H and O–H groups in total. The van der Waals surface area contributed by atoms with Crippen LogP contribution in [-0.4, -0.2) is 39.9 Å². The monoisotopic (exact) mass is 680 g/mol. The number of anilines is 2. The second kappa shape index (κ2) is 10.0. The van der Waals surface area contributed by atoms with Crippen molar-refractivity contribution in [3.63, 3.8) is 0 Å². The molecule has 5 atom stereocenters. The molecule has 0 bridgehead atoms. The van der Waals surface area contributed by atoms with E-state index in [0.717, 1.165) is 10.2 Å². The molecule has 0 radical (unpaired) electrons. The van der Waals surface area contributed by atoms with Crippen LogP contribution in [0.5, 0.6) is 5.75 Å². The van der Waals surface area contributed by atoms with Gasteiger partial charge in [0.25, 0.3) is 0 Å². The lowest BCUT2D eigenvalue weighted by atomic mass is 9.81. The average molecular weight is 683 g/mol. The van der Waals surface area contributed by atoms with Crippen LogP contribution in [0.2, 0.25) is 0 Å². The summed E-state index contributed by atoms with van der Waals surface area (Å²) in [5, 5.41) is 0. The Hall–Kier alpha value is -2.04. The minimum atomic E-state index is -0.583. The maximum Gasteiger partial charge on any atom is 0.316 e. The largest absolute Gasteiger partial charge is 0.426 e. The summed E-state index contributed by atoms with van der Waals surface area (Å²) in [6.45, 7) is 2.03. The Bertz CT molecular complexity index is 1220. The van der Waals surface area contributed by atoms with Gasteiger partial charge in [0.05, 0.1) is 23.4 Å². The number of carbonyl (C=O) groups is 4. The SMILES string of the molecule is Cc1cc(OC(=O)[C@@H]2CC(=O)N(c3ccc(Br)cc3)C2)ccc1N1C(=O)[C@H]2C[C@@H](Br)[C@@H](Br)C[C@H]2C1=O. The van der Waals surface area contributed by atoms with Gasteiger partial charge in [-0.25, -0.2) is 4.90 Å². The van der Waals surface area contributed by atoms with Crippen molar-refractivity contribution in [3.05, 3.63) is 52.5 Å². The molecular weight excluding hydrogens is 660 g/mol. The number of hydrogen-bond donors (Lipinski definition) is 0. The number of alkyl halides is 2. The summed E-state index contributed by atoms with van der Waals surface area (Å²) in [6.07, 6.45) is 1.29. The predicted octanol–water partition coefficient (Wildman–Crippen LogP) is 5.14. The number of nitrogens with zero attached hydrogens (tertiary/aromatic N) is 2. The Morgan fingerprint density at radius 1 is 0.944 bits per heavy atom. The van der Waals surface area contributed by atoms with Crippen molar-refractivity contribution in [2.24, 2.45) is 17.8 Å². The highest BCUT2D eigenvalue weighted by molar-refractivity contribution is 9.12. The van der Waals surface area contributed by atoms with Gasteiger partial charge >= 0.3 is 5.97 Å². The van der Waals surface area contributed by atoms with Gasteiger partial charge in [0.1, 0.15) is 5.75 Å². The Morgan fingerprint density at radius 3 is 2.14 bits per heavy atom. The van der Waals surface area contributed by atoms with Crippen molar-refractivity contribution in [2.75, 3.05) is 16.3 Å². The molecule has 3 fully saturated rings. The minimum Gasteiger partial charge on any atom is -0.426 e. The highest BCUT2D eigenvalue weighted by Gasteiger charge is 2.52. The van der Waals surface area contributed by atoms with Crippen molar-refractivity contribution in [1.82, 2.24) is 0 Å². The number of benzene rings is 2. The molecule has 0 aromatic heterocycles. The lowest BCUT2D eigenvalue weighted by Gasteiger charge is -2.29. The van der Waals surface area contributed by atoms with E-state index in [4.69, 9.17) is 4.74 Å². The number of amides is 3. The van der Waals surface area contributed by atoms with Gasteiger partial charge in [-0.2, -0.15) is 0 Å². The summed E-state index contributed by atoms with van der Waals surface area (Å²) in [5.74, 6) is -1.91. The molecule has 1 aliphatic carbocycles. The van der Waals surface area contributed by atoms with Gasteiger partial charge in [0.2, 0.25) is 17.7 Å². The van der Waals surface area contributed by atoms with Crippen LogP contribution in [-0.2, 0) is 19.2 Å². The summed E-state index contributed by atoms with van der Waals surface area (Å²) in [5.41, 5.74) is 1.90. The second-order valence-electron chi connectivity index (χ2n) is 9.48. The summed E-state index contributed by atoms with van der Waals surface area (Å²) in [7, 11) is 0. The zero-order valence-corrected chi connectivity index (χ0v) is 24.1. The summed E-state index contributed by atoms with van der Waals surface area (Å²) in [6, 6.07) is 12.2. The van der Waals surface area contributed by atoms with Gasteiger partial charge in [-0.3, -0.25) is 19.2 Å². The molecule has 0 unspecified atom stereocenters. The van der Waals surface area contributed by atoms with E-state index in [2.05, 4.69) is 47.8 Å². The standard InChI is InChI=1S/C26H23Br3N2O5/c1-13-8-17(36-26(35)14-9-23(32)30(12-14)16-4-2-15(27)3-5-16)6-7-22(13)31-24(33)18-10-20(28)21(29)11-19(18)25(31)34/h2-8,14,18-21H,9-12H2,1H3/t14-,18-,19+,20+,21-/m1/s1. The molecule has 2 aromatic rings. The smallest absolute Gasteiger partial charge is 0.316 e. The molecule has 3 amide bonds. The van der Waals surface area contributed by atoms with Crippen LogP contribution in [0.4, 0.5) is 11.4 Å². The third-order valence-corrected chi connectivity index (χ3v) is 10.4. The minimum absolute atomic E-state index is 0.0780. The van der Waals surface area contributed by atoms with Crippen LogP contribution < -0.4 is 14.5 Å². The lowest BCUT2D eigenvalue weighted by Crippen LogP contribution is -2.34. The van der Waals surface area contributed by atoms with E-state index in [1.165, 1.54) is 4.90 Å². The molecule has 7 nitrogen and oxygen atoms in total. The fourth-order valence-electron chi connectivity index (χ4n) is 5.21. The van der Waals surface area contributed by atoms with Crippen LogP contribution in [0, 0.1) is 24.7 Å². The molecule has 2 saturated heterocycles. The average Bonchev–Trinajstić information content (AvgIpc) is 3.33. The maximum atomic E-state index is 13.1. The summed E-state index contributed by atoms with van der Waals surface area (Å²) >= 11 is 10.6. The number of ether oxygens (including phenoxy) is 1. The van der Waals surface area contributed by atoms with Crippen molar-refractivity contribution in [2.45, 2.75) is 35.8 Å². The number of rotatable bonds is 4. The van der Waals surface area contributed by atoms with Gasteiger partial charge in [0.15, 0.2) is 0 Å². The van der Waals surface area contributed by atoms with E-state index in [-0.39, 0.29) is 52.2 Å². The second-order valence-corrected chi connectivity index (χ2v) is 12.7. The summed E-state index contributed by atoms with van der Waals surface area (Å²) < 4.78 is 6.50. The van der Waals surface area contributed by atoms with Crippen molar-refractivity contribution in [1.29, 1.82) is 0 Å². The Balaban J connectivity index is 1.28. The molecular formula is C26H23Br3N2O5. The van der Waals surface area contributed by atoms with Gasteiger partial charge in [0, 0.05) is 32.8 Å². The van der Waals surface area contributed by atoms with Gasteiger partial charge in [-0.1, -0.05) is 47.8 Å². The number of esters is 1. The predicted molar refractivity (Wildman–Crippen MR) is 146 cm³/mol. The normalized spacial score (nSPS) is 28.0. The Labute approximate surface area is 233 Å². The fourth-order valence-corrected chi connectivity index (χ4v) is 6.71. The number of imide groups is 1. The van der Waals surface area contributed by atoms with E-state index in [0.29, 0.717) is 29.8 Å². The van der Waals surface area contributed by atoms with Gasteiger partial charge in [-0.15, -0.1) is 0 Å². The third kappa shape index (κ3) is 4.67. The molecule has 5 rings (SSSR count). The third-order valence-electron chi connectivity index (χ3n) is 7.14. The van der Waals surface area contributed by atoms with E-state index >= 15 is 0 Å². The number of carbonyl (C=O) groups excluding carboxylic acids is 4. The maximum absolute atomic E-state index is 13.1. The first-order valence-corrected chi connectivity index (χ1v) is 14.3. The zero-order valence-electron chi connectivity index (χ0n) is 19.3. The number of fused-ring (bicyclic) bond motifs is 1. The molecule has 188 valence electrons. The number of hydrogen-bond acceptors (Lipinski definition) is 5. The van der Waals surface area contributed by atoms with E-state index in [9.17, 15) is 19.2 Å². The van der Waals surface area contributed by atoms with Gasteiger partial charge in [-0.05, 0) is 67.8 Å². The first kappa shape index (κ1) is 25.6. The van der Waals surface area contributed by atoms with Crippen LogP contribution in [0.25, 0.3) is 0 Å². The molecule has 2 aliphatic heterocycles. The molecule has 3 aliphatic rings. The van der Waals surface area contributed by atoms with E-state index < -0.39 is 11.9 Å². The first-order valence-electron chi connectivity index (χ1n) is 11.7. The van der Waals surface area contributed by atoms with Crippen LogP contribution in [0.3, 0.4) is 0 Å². The molecule has 36 heavy (non-hydrogen) atoms. The highest BCUT2D eigenvalue weighted by atomic mass is 79.9. The number of halogens is 3. The van der Waals surface area contributed by atoms with Gasteiger partial charge < -0.3 is 9.64 Å². The highest BCUT2D eigenvalue weighted by Crippen LogP contribution is 2.45. The molecule has 10 heteroatoms. The zero-order chi connectivity index (χ0) is 25.7. The topological polar surface area (TPSA) is 84.0 Å². The molecule has 0 spiro atoms. The Kier molecular flexibility index (Phi) is 7.13. The van der Waals surface area contributed by atoms with Crippen molar-refractivity contribution < 1.29 is 23.9 Å². The lowest BCUT2D eigenvalue weighted by molar-refractivity contribution is -0.139. The molecule has 1 saturated carbocycles. The fraction of sp³-hybridized carbons (Fsp3) is 0.385. The Morgan fingerprint density at radius 2 is 1.56 bits per heavy atom. The quantitative estimate of drug-likeness (QED) is 0.193.